The van der Waals surface area contributed by atoms with Crippen LogP contribution in [0.5, 0.6) is 0 Å². The van der Waals surface area contributed by atoms with Crippen LogP contribution in [0.3, 0.4) is 0 Å². The Bertz CT molecular complexity index is 1080. The topological polar surface area (TPSA) is 173 Å². The number of aliphatic carboxylic acids is 3. The van der Waals surface area contributed by atoms with Gasteiger partial charge in [-0.05, 0) is 103 Å². The first-order valence-electron chi connectivity index (χ1n) is 25.8. The Morgan fingerprint density at radius 2 is 0.683 bits per heavy atom. The number of carbonyl (C=O) groups is 3. The van der Waals surface area contributed by atoms with E-state index in [2.05, 4.69) is 69.4 Å². The highest BCUT2D eigenvalue weighted by atomic mass is 16.4. The van der Waals surface area contributed by atoms with E-state index in [1.165, 1.54) is 51.4 Å². The van der Waals surface area contributed by atoms with E-state index in [1.54, 1.807) is 0 Å². The summed E-state index contributed by atoms with van der Waals surface area (Å²) >= 11 is 0. The molecule has 0 aliphatic heterocycles. The quantitative estimate of drug-likeness (QED) is 0.0257. The Morgan fingerprint density at radius 3 is 1.14 bits per heavy atom. The molecule has 0 radical (unpaired) electrons. The Morgan fingerprint density at radius 1 is 0.349 bits per heavy atom. The lowest BCUT2D eigenvalue weighted by molar-refractivity contribution is -0.138. The molecule has 2 unspecified atom stereocenters. The van der Waals surface area contributed by atoms with Crippen LogP contribution in [0.25, 0.3) is 0 Å². The molecule has 0 aliphatic rings. The molecule has 9 nitrogen and oxygen atoms in total. The van der Waals surface area contributed by atoms with Gasteiger partial charge in [0.25, 0.3) is 0 Å². The summed E-state index contributed by atoms with van der Waals surface area (Å²) < 4.78 is 0. The van der Waals surface area contributed by atoms with E-state index in [9.17, 15) is 29.7 Å². The van der Waals surface area contributed by atoms with Gasteiger partial charge < -0.3 is 30.6 Å². The van der Waals surface area contributed by atoms with Crippen molar-refractivity contribution in [3.63, 3.8) is 0 Å². The lowest BCUT2D eigenvalue weighted by atomic mass is 10.0. The molecule has 0 saturated carbocycles. The average Bonchev–Trinajstić information content (AvgIpc) is 3.24. The van der Waals surface area contributed by atoms with E-state index in [-0.39, 0.29) is 18.3 Å². The fraction of sp³-hybridized carbons (Fsp3) is 0.796. The van der Waals surface area contributed by atoms with E-state index in [4.69, 9.17) is 15.3 Å². The molecule has 0 fully saturated rings. The molecule has 0 aromatic heterocycles. The molecule has 0 rings (SSSR count). The second kappa shape index (κ2) is 55.4. The fourth-order valence-electron chi connectivity index (χ4n) is 6.90. The Hall–Kier alpha value is -2.75. The van der Waals surface area contributed by atoms with Gasteiger partial charge in [0.05, 0.1) is 18.3 Å². The molecule has 0 heterocycles. The number of aliphatic hydroxyl groups excluding tert-OH is 3. The maximum Gasteiger partial charge on any atom is 0.303 e. The van der Waals surface area contributed by atoms with Gasteiger partial charge in [-0.3, -0.25) is 14.4 Å². The third-order valence-electron chi connectivity index (χ3n) is 10.9. The summed E-state index contributed by atoms with van der Waals surface area (Å²) in [6, 6.07) is 0. The van der Waals surface area contributed by atoms with Crippen LogP contribution >= 0.6 is 0 Å². The maximum absolute atomic E-state index is 10.3. The van der Waals surface area contributed by atoms with Gasteiger partial charge in [0.15, 0.2) is 0 Å². The van der Waals surface area contributed by atoms with Crippen LogP contribution in [0.4, 0.5) is 0 Å². The molecule has 0 aliphatic carbocycles. The van der Waals surface area contributed by atoms with Crippen LogP contribution in [-0.2, 0) is 14.4 Å². The molecule has 0 aromatic carbocycles. The summed E-state index contributed by atoms with van der Waals surface area (Å²) in [5, 5.41) is 54.9. The van der Waals surface area contributed by atoms with Crippen molar-refractivity contribution in [2.45, 2.75) is 277 Å². The third-order valence-corrected chi connectivity index (χ3v) is 10.9. The molecule has 63 heavy (non-hydrogen) atoms. The monoisotopic (exact) mass is 893 g/mol. The zero-order chi connectivity index (χ0) is 47.3. The molecule has 6 N–H and O–H groups in total. The van der Waals surface area contributed by atoms with E-state index in [1.807, 2.05) is 0 Å². The van der Waals surface area contributed by atoms with Crippen molar-refractivity contribution in [3.05, 3.63) is 48.6 Å². The number of carboxylic acids is 3. The molecule has 3 atom stereocenters. The first-order valence-corrected chi connectivity index (χ1v) is 25.8. The summed E-state index contributed by atoms with van der Waals surface area (Å²) in [6.07, 6.45) is 53.2. The van der Waals surface area contributed by atoms with Crippen molar-refractivity contribution in [1.82, 2.24) is 0 Å². The van der Waals surface area contributed by atoms with Crippen LogP contribution in [0.1, 0.15) is 258 Å². The largest absolute Gasteiger partial charge is 0.481 e. The van der Waals surface area contributed by atoms with Crippen LogP contribution in [0.2, 0.25) is 0 Å². The van der Waals surface area contributed by atoms with E-state index >= 15 is 0 Å². The van der Waals surface area contributed by atoms with Crippen LogP contribution < -0.4 is 0 Å². The summed E-state index contributed by atoms with van der Waals surface area (Å²) in [6.45, 7) is 6.50. The number of carboxylic acid groups (broad SMARTS) is 3. The molecule has 0 amide bonds. The second-order valence-electron chi connectivity index (χ2n) is 17.3. The van der Waals surface area contributed by atoms with Gasteiger partial charge in [-0.1, -0.05) is 185 Å². The highest BCUT2D eigenvalue weighted by Gasteiger charge is 2.04. The van der Waals surface area contributed by atoms with Gasteiger partial charge in [0, 0.05) is 19.3 Å². The summed E-state index contributed by atoms with van der Waals surface area (Å²) in [7, 11) is 0. The van der Waals surface area contributed by atoms with Gasteiger partial charge in [-0.15, -0.1) is 0 Å². The van der Waals surface area contributed by atoms with Gasteiger partial charge in [0.1, 0.15) is 0 Å². The Balaban J connectivity index is -0.000000857. The van der Waals surface area contributed by atoms with E-state index in [0.29, 0.717) is 19.3 Å². The van der Waals surface area contributed by atoms with Gasteiger partial charge >= 0.3 is 17.9 Å². The van der Waals surface area contributed by atoms with Gasteiger partial charge in [0.2, 0.25) is 0 Å². The van der Waals surface area contributed by atoms with Crippen LogP contribution in [0.15, 0.2) is 48.6 Å². The van der Waals surface area contributed by atoms with Crippen molar-refractivity contribution < 1.29 is 45.0 Å². The lowest BCUT2D eigenvalue weighted by Crippen LogP contribution is -2.05. The van der Waals surface area contributed by atoms with Crippen LogP contribution in [-0.4, -0.2) is 66.9 Å². The van der Waals surface area contributed by atoms with Gasteiger partial charge in [-0.25, -0.2) is 0 Å². The Labute approximate surface area is 387 Å². The van der Waals surface area contributed by atoms with Crippen molar-refractivity contribution in [2.75, 3.05) is 0 Å². The predicted octanol–water partition coefficient (Wildman–Crippen LogP) is 15.0. The Kier molecular flexibility index (Phi) is 56.7. The van der Waals surface area contributed by atoms with Gasteiger partial charge in [-0.2, -0.15) is 0 Å². The number of unbranched alkanes of at least 4 members (excludes halogenated alkanes) is 20. The molecule has 0 spiro atoms. The average molecular weight is 893 g/mol. The standard InChI is InChI=1S/2C18H34O3.C18H32O3/c1-2-3-11-14-17(19)15-12-9-7-5-4-6-8-10-13-16-18(20)21;1-2-3-4-11-14-17(19)15-12-9-7-5-6-8-10-13-16-18(20)21;1-2-3-4-5-8-11-14-17(19)15-12-9-6-7-10-13-16-18(20)21/h7,9,17,19H,2-6,8,10-16H2,1H3,(H,20,21);9,12,17,19H,2-8,10-11,13-16H2,1H3,(H,20,21);3-4,8,11,17,19H,2,5-7,9-10,12-16H2,1H3,(H,20,21)/b9-7-;12-9-;4-3-,11-8-/t;17-;/m.1./s1. The summed E-state index contributed by atoms with van der Waals surface area (Å²) in [5.74, 6) is -2.07. The van der Waals surface area contributed by atoms with Crippen molar-refractivity contribution in [1.29, 1.82) is 0 Å². The maximum atomic E-state index is 10.3. The smallest absolute Gasteiger partial charge is 0.303 e. The predicted molar refractivity (Wildman–Crippen MR) is 265 cm³/mol. The van der Waals surface area contributed by atoms with Crippen molar-refractivity contribution >= 4 is 17.9 Å². The zero-order valence-electron chi connectivity index (χ0n) is 40.9. The minimum absolute atomic E-state index is 0.129. The second-order valence-corrected chi connectivity index (χ2v) is 17.3. The number of rotatable bonds is 44. The first kappa shape index (κ1) is 64.5. The third kappa shape index (κ3) is 66.0. The molecular weight excluding hydrogens is 793 g/mol. The number of hydrogen-bond donors (Lipinski definition) is 6. The summed E-state index contributed by atoms with van der Waals surface area (Å²) in [5.41, 5.74) is 0. The number of hydrogen-bond acceptors (Lipinski definition) is 6. The number of aliphatic hydroxyl groups is 3. The van der Waals surface area contributed by atoms with E-state index in [0.717, 1.165) is 167 Å². The lowest BCUT2D eigenvalue weighted by Gasteiger charge is -2.07. The molecule has 0 saturated heterocycles. The molecule has 370 valence electrons. The van der Waals surface area contributed by atoms with Crippen molar-refractivity contribution in [3.8, 4) is 0 Å². The minimum atomic E-state index is -0.698. The minimum Gasteiger partial charge on any atom is -0.481 e. The summed E-state index contributed by atoms with van der Waals surface area (Å²) in [4.78, 5) is 31.0. The van der Waals surface area contributed by atoms with E-state index < -0.39 is 17.9 Å². The first-order chi connectivity index (χ1) is 30.5. The highest BCUT2D eigenvalue weighted by molar-refractivity contribution is 5.67. The molecular formula is C54H100O9. The number of allylic oxidation sites excluding steroid dienone is 6. The molecule has 0 aromatic rings. The SMILES string of the molecule is CC/C=C\C/C=C\CC(O)CCCCCCCCC(=O)O.CCCCCC(O)CC/C=C\CCCCCCCC(=O)O.CCCCCC[C@@H](O)C/C=C\CCCCCCCC(=O)O. The zero-order valence-corrected chi connectivity index (χ0v) is 40.9. The van der Waals surface area contributed by atoms with Crippen molar-refractivity contribution in [2.24, 2.45) is 0 Å². The fourth-order valence-corrected chi connectivity index (χ4v) is 6.90. The van der Waals surface area contributed by atoms with Crippen LogP contribution in [0, 0.1) is 0 Å². The normalized spacial score (nSPS) is 13.0. The highest BCUT2D eigenvalue weighted by Crippen LogP contribution is 2.14. The molecule has 0 bridgehead atoms. The molecule has 9 heteroatoms.